The molecule has 0 aromatic heterocycles. The number of hydrogen-bond acceptors (Lipinski definition) is 5. The molecule has 0 bridgehead atoms. The minimum atomic E-state index is -0.263. The lowest BCUT2D eigenvalue weighted by Gasteiger charge is -2.05. The van der Waals surface area contributed by atoms with Gasteiger partial charge in [0, 0.05) is 11.6 Å². The van der Waals surface area contributed by atoms with Crippen LogP contribution in [0.4, 0.5) is 0 Å². The summed E-state index contributed by atoms with van der Waals surface area (Å²) < 4.78 is 10.5. The summed E-state index contributed by atoms with van der Waals surface area (Å²) in [5, 5.41) is 7.14. The van der Waals surface area contributed by atoms with Gasteiger partial charge in [-0.25, -0.2) is 0 Å². The third kappa shape index (κ3) is 4.39. The van der Waals surface area contributed by atoms with Crippen LogP contribution < -0.4 is 14.8 Å². The van der Waals surface area contributed by atoms with Crippen LogP contribution in [-0.2, 0) is 16.2 Å². The smallest absolute Gasteiger partial charge is 0.261 e. The van der Waals surface area contributed by atoms with Crippen LogP contribution in [-0.4, -0.2) is 25.5 Å². The maximum Gasteiger partial charge on any atom is 0.261 e. The van der Waals surface area contributed by atoms with E-state index in [9.17, 15) is 4.79 Å². The lowest BCUT2D eigenvalue weighted by molar-refractivity contribution is -0.125. The van der Waals surface area contributed by atoms with Crippen molar-refractivity contribution in [2.45, 2.75) is 6.54 Å². The zero-order chi connectivity index (χ0) is 16.8. The average molecular weight is 347 g/mol. The summed E-state index contributed by atoms with van der Waals surface area (Å²) in [4.78, 5) is 16.7. The van der Waals surface area contributed by atoms with Crippen molar-refractivity contribution in [2.75, 3.05) is 13.4 Å². The molecular weight excluding hydrogens is 332 g/mol. The number of ether oxygens (including phenoxy) is 2. The monoisotopic (exact) mass is 346 g/mol. The minimum Gasteiger partial charge on any atom is -0.454 e. The van der Waals surface area contributed by atoms with Gasteiger partial charge in [-0.3, -0.25) is 4.79 Å². The van der Waals surface area contributed by atoms with Gasteiger partial charge >= 0.3 is 0 Å². The highest BCUT2D eigenvalue weighted by Crippen LogP contribution is 2.32. The number of oxime groups is 1. The molecule has 0 unspecified atom stereocenters. The van der Waals surface area contributed by atoms with E-state index in [1.807, 2.05) is 18.2 Å². The second kappa shape index (κ2) is 7.70. The van der Waals surface area contributed by atoms with Crippen molar-refractivity contribution in [3.8, 4) is 11.5 Å². The number of nitrogens with zero attached hydrogens (tertiary/aromatic N) is 1. The number of nitrogens with one attached hydrogen (secondary N) is 1. The third-order valence-corrected chi connectivity index (χ3v) is 3.52. The summed E-state index contributed by atoms with van der Waals surface area (Å²) in [5.74, 6) is 1.14. The molecule has 1 aliphatic rings. The highest BCUT2D eigenvalue weighted by atomic mass is 35.5. The molecule has 24 heavy (non-hydrogen) atoms. The number of benzene rings is 2. The maximum atomic E-state index is 11.7. The molecule has 0 fully saturated rings. The summed E-state index contributed by atoms with van der Waals surface area (Å²) in [5.41, 5.74) is 1.75. The van der Waals surface area contributed by atoms with Crippen LogP contribution in [0.15, 0.2) is 47.6 Å². The molecule has 1 amide bonds. The number of amides is 1. The fourth-order valence-corrected chi connectivity index (χ4v) is 2.17. The lowest BCUT2D eigenvalue weighted by atomic mass is 10.2. The maximum absolute atomic E-state index is 11.7. The Morgan fingerprint density at radius 1 is 1.21 bits per heavy atom. The average Bonchev–Trinajstić information content (AvgIpc) is 3.06. The Balaban J connectivity index is 1.40. The number of carbonyl (C=O) groups excluding carboxylic acids is 1. The van der Waals surface area contributed by atoms with Crippen molar-refractivity contribution in [1.29, 1.82) is 0 Å². The van der Waals surface area contributed by atoms with Gasteiger partial charge in [0.05, 0.1) is 6.21 Å². The Morgan fingerprint density at radius 3 is 2.83 bits per heavy atom. The molecule has 0 aliphatic carbocycles. The van der Waals surface area contributed by atoms with E-state index in [-0.39, 0.29) is 19.3 Å². The largest absolute Gasteiger partial charge is 0.454 e. The Bertz CT molecular complexity index is 747. The molecule has 124 valence electrons. The van der Waals surface area contributed by atoms with Gasteiger partial charge in [0.25, 0.3) is 5.91 Å². The Kier molecular flexibility index (Phi) is 5.18. The van der Waals surface area contributed by atoms with Crippen molar-refractivity contribution < 1.29 is 19.1 Å². The standard InChI is InChI=1S/C17H15ClN2O4/c18-14-4-1-12(2-5-14)9-20-24-10-17(21)19-8-13-3-6-15-16(7-13)23-11-22-15/h1-7,9H,8,10-11H2,(H,19,21)/b20-9-. The van der Waals surface area contributed by atoms with Crippen LogP contribution >= 0.6 is 11.6 Å². The normalized spacial score (nSPS) is 12.4. The quantitative estimate of drug-likeness (QED) is 0.645. The number of carbonyl (C=O) groups is 1. The first-order chi connectivity index (χ1) is 11.7. The topological polar surface area (TPSA) is 69.2 Å². The zero-order valence-corrected chi connectivity index (χ0v) is 13.5. The Morgan fingerprint density at radius 2 is 2.00 bits per heavy atom. The van der Waals surface area contributed by atoms with Gasteiger partial charge in [-0.1, -0.05) is 35.0 Å². The van der Waals surface area contributed by atoms with Gasteiger partial charge in [0.2, 0.25) is 6.79 Å². The molecule has 0 radical (unpaired) electrons. The predicted molar refractivity (Wildman–Crippen MR) is 89.4 cm³/mol. The van der Waals surface area contributed by atoms with E-state index in [4.69, 9.17) is 25.9 Å². The SMILES string of the molecule is O=C(CO/N=C\c1ccc(Cl)cc1)NCc1ccc2c(c1)OCO2. The summed E-state index contributed by atoms with van der Waals surface area (Å²) >= 11 is 5.79. The van der Waals surface area contributed by atoms with E-state index in [2.05, 4.69) is 10.5 Å². The first kappa shape index (κ1) is 16.1. The summed E-state index contributed by atoms with van der Waals surface area (Å²) in [6, 6.07) is 12.6. The molecule has 6 nitrogen and oxygen atoms in total. The van der Waals surface area contributed by atoms with Crippen LogP contribution in [0, 0.1) is 0 Å². The van der Waals surface area contributed by atoms with Crippen molar-refractivity contribution >= 4 is 23.7 Å². The summed E-state index contributed by atoms with van der Waals surface area (Å²) in [7, 11) is 0. The molecule has 0 spiro atoms. The fraction of sp³-hybridized carbons (Fsp3) is 0.176. The van der Waals surface area contributed by atoms with Crippen LogP contribution in [0.3, 0.4) is 0 Å². The first-order valence-electron chi connectivity index (χ1n) is 7.27. The zero-order valence-electron chi connectivity index (χ0n) is 12.7. The molecule has 1 aliphatic heterocycles. The van der Waals surface area contributed by atoms with Crippen molar-refractivity contribution in [3.05, 3.63) is 58.6 Å². The van der Waals surface area contributed by atoms with Gasteiger partial charge in [0.1, 0.15) is 0 Å². The van der Waals surface area contributed by atoms with Gasteiger partial charge in [-0.2, -0.15) is 0 Å². The third-order valence-electron chi connectivity index (χ3n) is 3.27. The molecular formula is C17H15ClN2O4. The van der Waals surface area contributed by atoms with Crippen molar-refractivity contribution in [3.63, 3.8) is 0 Å². The van der Waals surface area contributed by atoms with Crippen molar-refractivity contribution in [2.24, 2.45) is 5.16 Å². The van der Waals surface area contributed by atoms with E-state index in [0.29, 0.717) is 23.1 Å². The fourth-order valence-electron chi connectivity index (χ4n) is 2.05. The van der Waals surface area contributed by atoms with Crippen molar-refractivity contribution in [1.82, 2.24) is 5.32 Å². The van der Waals surface area contributed by atoms with Crippen LogP contribution in [0.2, 0.25) is 5.02 Å². The van der Waals surface area contributed by atoms with E-state index < -0.39 is 0 Å². The van der Waals surface area contributed by atoms with Crippen LogP contribution in [0.1, 0.15) is 11.1 Å². The highest BCUT2D eigenvalue weighted by Gasteiger charge is 2.13. The molecule has 0 saturated carbocycles. The lowest BCUT2D eigenvalue weighted by Crippen LogP contribution is -2.26. The number of fused-ring (bicyclic) bond motifs is 1. The predicted octanol–water partition coefficient (Wildman–Crippen LogP) is 2.74. The molecule has 1 N–H and O–H groups in total. The molecule has 0 saturated heterocycles. The van der Waals surface area contributed by atoms with Crippen LogP contribution in [0.25, 0.3) is 0 Å². The Labute approximate surface area is 144 Å². The molecule has 2 aromatic rings. The van der Waals surface area contributed by atoms with E-state index in [1.54, 1.807) is 24.3 Å². The van der Waals surface area contributed by atoms with Crippen LogP contribution in [0.5, 0.6) is 11.5 Å². The number of halogens is 1. The summed E-state index contributed by atoms with van der Waals surface area (Å²) in [6.45, 7) is 0.443. The Hall–Kier alpha value is -2.73. The molecule has 2 aromatic carbocycles. The molecule has 3 rings (SSSR count). The number of rotatable bonds is 6. The second-order valence-corrected chi connectivity index (χ2v) is 5.46. The van der Waals surface area contributed by atoms with E-state index >= 15 is 0 Å². The number of hydrogen-bond donors (Lipinski definition) is 1. The minimum absolute atomic E-state index is 0.158. The second-order valence-electron chi connectivity index (χ2n) is 5.02. The van der Waals surface area contributed by atoms with Gasteiger partial charge in [0.15, 0.2) is 18.1 Å². The highest BCUT2D eigenvalue weighted by molar-refractivity contribution is 6.30. The van der Waals surface area contributed by atoms with Gasteiger partial charge in [-0.05, 0) is 35.4 Å². The molecule has 1 heterocycles. The molecule has 7 heteroatoms. The first-order valence-corrected chi connectivity index (χ1v) is 7.64. The van der Waals surface area contributed by atoms with Gasteiger partial charge in [-0.15, -0.1) is 0 Å². The molecule has 0 atom stereocenters. The van der Waals surface area contributed by atoms with Gasteiger partial charge < -0.3 is 19.6 Å². The van der Waals surface area contributed by atoms with E-state index in [0.717, 1.165) is 11.1 Å². The summed E-state index contributed by atoms with van der Waals surface area (Å²) in [6.07, 6.45) is 1.52. The van der Waals surface area contributed by atoms with E-state index in [1.165, 1.54) is 6.21 Å².